The van der Waals surface area contributed by atoms with Crippen LogP contribution in [0.25, 0.3) is 0 Å². The standard InChI is InChI=1S/C41H60N6O13S/c1-36(2,33(52)53)24-40(9,10)59-27-13-15-28(16-14-27)61(55,56)46-35-42-22-26(23-43-35)32(51)45-37(3,4)19-20-57-39(7,8)21-29(48)44-38(5,6)25-58-41(11,12)34(54)60-47-30(49)17-18-31(47)50/h13-16,22-23H,17-21,24-25H2,1-12H3,(H,44,48)(H,45,51)(H,52,53)(H,42,43,46). The Morgan fingerprint density at radius 1 is 0.787 bits per heavy atom. The van der Waals surface area contributed by atoms with E-state index in [0.29, 0.717) is 17.2 Å². The molecule has 3 rings (SSSR count). The van der Waals surface area contributed by atoms with Gasteiger partial charge >= 0.3 is 11.9 Å². The lowest BCUT2D eigenvalue weighted by atomic mass is 9.82. The SMILES string of the molecule is CC(C)(COC(C)(C)C(=O)ON1C(=O)CCC1=O)NC(=O)CC(C)(C)OCCC(C)(C)NC(=O)c1cnc(NS(=O)(=O)c2ccc(OC(C)(C)CC(C)(C)C(=O)O)cc2)nc1. The first-order chi connectivity index (χ1) is 27.7. The summed E-state index contributed by atoms with van der Waals surface area (Å²) in [5.74, 6) is -3.89. The number of ether oxygens (including phenoxy) is 3. The van der Waals surface area contributed by atoms with Crippen molar-refractivity contribution in [3.05, 3.63) is 42.2 Å². The average Bonchev–Trinajstić information content (AvgIpc) is 3.41. The van der Waals surface area contributed by atoms with Crippen LogP contribution in [0.15, 0.2) is 41.6 Å². The third-order valence-electron chi connectivity index (χ3n) is 9.32. The van der Waals surface area contributed by atoms with Crippen molar-refractivity contribution >= 4 is 51.5 Å². The molecule has 2 aromatic rings. The van der Waals surface area contributed by atoms with E-state index in [1.165, 1.54) is 50.5 Å². The van der Waals surface area contributed by atoms with Gasteiger partial charge in [0.15, 0.2) is 5.60 Å². The van der Waals surface area contributed by atoms with Gasteiger partial charge in [0.1, 0.15) is 11.4 Å². The number of nitrogens with one attached hydrogen (secondary N) is 3. The molecular weight excluding hydrogens is 817 g/mol. The molecule has 2 heterocycles. The predicted octanol–water partition coefficient (Wildman–Crippen LogP) is 4.32. The fourth-order valence-corrected chi connectivity index (χ4v) is 7.01. The van der Waals surface area contributed by atoms with Crippen molar-refractivity contribution in [2.75, 3.05) is 17.9 Å². The first-order valence-electron chi connectivity index (χ1n) is 19.6. The van der Waals surface area contributed by atoms with E-state index in [0.717, 1.165) is 0 Å². The van der Waals surface area contributed by atoms with Crippen LogP contribution in [0, 0.1) is 5.41 Å². The van der Waals surface area contributed by atoms with Crippen molar-refractivity contribution in [3.63, 3.8) is 0 Å². The zero-order valence-corrected chi connectivity index (χ0v) is 37.8. The van der Waals surface area contributed by atoms with Crippen molar-refractivity contribution in [1.82, 2.24) is 25.7 Å². The van der Waals surface area contributed by atoms with Crippen LogP contribution in [0.1, 0.15) is 126 Å². The topological polar surface area (TPSA) is 259 Å². The molecule has 1 aromatic carbocycles. The number of anilines is 1. The van der Waals surface area contributed by atoms with Gasteiger partial charge in [-0.05, 0) is 114 Å². The van der Waals surface area contributed by atoms with Crippen LogP contribution in [0.3, 0.4) is 0 Å². The van der Waals surface area contributed by atoms with Gasteiger partial charge in [-0.25, -0.2) is 27.9 Å². The van der Waals surface area contributed by atoms with Crippen LogP contribution >= 0.6 is 0 Å². The summed E-state index contributed by atoms with van der Waals surface area (Å²) in [6.45, 7) is 20.1. The molecule has 0 bridgehead atoms. The minimum Gasteiger partial charge on any atom is -0.488 e. The molecule has 4 amide bonds. The molecule has 1 aliphatic rings. The van der Waals surface area contributed by atoms with Gasteiger partial charge in [0, 0.05) is 43.8 Å². The second-order valence-electron chi connectivity index (χ2n) is 18.7. The van der Waals surface area contributed by atoms with Crippen LogP contribution in [0.4, 0.5) is 5.95 Å². The van der Waals surface area contributed by atoms with Gasteiger partial charge < -0.3 is 34.8 Å². The number of nitrogens with zero attached hydrogens (tertiary/aromatic N) is 3. The van der Waals surface area contributed by atoms with E-state index in [2.05, 4.69) is 25.3 Å². The molecule has 0 aliphatic carbocycles. The van der Waals surface area contributed by atoms with Gasteiger partial charge in [-0.1, -0.05) is 0 Å². The molecule has 1 fully saturated rings. The van der Waals surface area contributed by atoms with E-state index in [4.69, 9.17) is 19.0 Å². The second-order valence-corrected chi connectivity index (χ2v) is 20.3. The number of sulfonamides is 1. The average molecular weight is 877 g/mol. The van der Waals surface area contributed by atoms with Gasteiger partial charge in [-0.15, -0.1) is 5.06 Å². The number of benzene rings is 1. The lowest BCUT2D eigenvalue weighted by molar-refractivity contribution is -0.213. The Morgan fingerprint density at radius 2 is 1.34 bits per heavy atom. The number of aromatic nitrogens is 2. The molecule has 61 heavy (non-hydrogen) atoms. The maximum absolute atomic E-state index is 13.1. The number of imide groups is 1. The molecular formula is C41H60N6O13S. The lowest BCUT2D eigenvalue weighted by Gasteiger charge is -2.33. The van der Waals surface area contributed by atoms with Crippen molar-refractivity contribution in [2.45, 2.75) is 148 Å². The smallest absolute Gasteiger partial charge is 0.364 e. The van der Waals surface area contributed by atoms with Gasteiger partial charge in [-0.3, -0.25) is 24.0 Å². The summed E-state index contributed by atoms with van der Waals surface area (Å²) in [5, 5.41) is 15.7. The highest BCUT2D eigenvalue weighted by atomic mass is 32.2. The van der Waals surface area contributed by atoms with Gasteiger partial charge in [0.2, 0.25) is 11.9 Å². The molecule has 1 saturated heterocycles. The second kappa shape index (κ2) is 18.8. The minimum atomic E-state index is -4.12. The number of carboxylic acids is 1. The first-order valence-corrected chi connectivity index (χ1v) is 21.1. The molecule has 1 aliphatic heterocycles. The summed E-state index contributed by atoms with van der Waals surface area (Å²) in [4.78, 5) is 86.8. The third-order valence-corrected chi connectivity index (χ3v) is 10.7. The highest BCUT2D eigenvalue weighted by molar-refractivity contribution is 7.92. The highest BCUT2D eigenvalue weighted by Crippen LogP contribution is 2.32. The molecule has 0 saturated carbocycles. The predicted molar refractivity (Wildman–Crippen MR) is 220 cm³/mol. The first kappa shape index (κ1) is 50.1. The summed E-state index contributed by atoms with van der Waals surface area (Å²) in [7, 11) is -4.12. The van der Waals surface area contributed by atoms with E-state index in [1.54, 1.807) is 69.2 Å². The molecule has 0 spiro atoms. The fourth-order valence-electron chi connectivity index (χ4n) is 6.05. The van der Waals surface area contributed by atoms with E-state index >= 15 is 0 Å². The summed E-state index contributed by atoms with van der Waals surface area (Å²) in [6.07, 6.45) is 2.81. The van der Waals surface area contributed by atoms with E-state index < -0.39 is 73.0 Å². The van der Waals surface area contributed by atoms with Gasteiger partial charge in [0.05, 0.1) is 40.0 Å². The minimum absolute atomic E-state index is 0.0336. The number of carbonyl (C=O) groups is 6. The molecule has 0 unspecified atom stereocenters. The van der Waals surface area contributed by atoms with Gasteiger partial charge in [-0.2, -0.15) is 0 Å². The highest BCUT2D eigenvalue weighted by Gasteiger charge is 2.40. The molecule has 20 heteroatoms. The number of carbonyl (C=O) groups excluding carboxylic acids is 5. The summed E-state index contributed by atoms with van der Waals surface area (Å²) >= 11 is 0. The van der Waals surface area contributed by atoms with E-state index in [-0.39, 0.29) is 61.2 Å². The van der Waals surface area contributed by atoms with Crippen LogP contribution in [0.2, 0.25) is 0 Å². The Morgan fingerprint density at radius 3 is 1.89 bits per heavy atom. The molecule has 1 aromatic heterocycles. The number of amides is 4. The Kier molecular flexibility index (Phi) is 15.5. The maximum Gasteiger partial charge on any atom is 0.364 e. The van der Waals surface area contributed by atoms with Crippen molar-refractivity contribution in [2.24, 2.45) is 5.41 Å². The van der Waals surface area contributed by atoms with Crippen molar-refractivity contribution in [3.8, 4) is 5.75 Å². The van der Waals surface area contributed by atoms with Crippen molar-refractivity contribution in [1.29, 1.82) is 0 Å². The van der Waals surface area contributed by atoms with Crippen LogP contribution in [-0.2, 0) is 48.3 Å². The monoisotopic (exact) mass is 876 g/mol. The van der Waals surface area contributed by atoms with Crippen LogP contribution in [-0.4, -0.2) is 105 Å². The Labute approximate surface area is 357 Å². The maximum atomic E-state index is 13.1. The number of hydroxylamine groups is 2. The zero-order valence-electron chi connectivity index (χ0n) is 37.0. The normalized spacial score (nSPS) is 14.4. The number of hydrogen-bond donors (Lipinski definition) is 4. The number of hydrogen-bond acceptors (Lipinski definition) is 14. The number of rotatable bonds is 22. The molecule has 0 atom stereocenters. The fraction of sp³-hybridized carbons (Fsp3) is 0.610. The largest absolute Gasteiger partial charge is 0.488 e. The Bertz CT molecular complexity index is 2050. The Hall–Kier alpha value is -5.21. The summed E-state index contributed by atoms with van der Waals surface area (Å²) < 4.78 is 46.1. The molecule has 19 nitrogen and oxygen atoms in total. The van der Waals surface area contributed by atoms with Crippen molar-refractivity contribution < 1.29 is 61.3 Å². The van der Waals surface area contributed by atoms with E-state index in [9.17, 15) is 42.3 Å². The van der Waals surface area contributed by atoms with Crippen LogP contribution in [0.5, 0.6) is 5.75 Å². The number of aliphatic carboxylic acids is 1. The van der Waals surface area contributed by atoms with E-state index in [1.807, 2.05) is 0 Å². The zero-order chi connectivity index (χ0) is 46.4. The summed E-state index contributed by atoms with van der Waals surface area (Å²) in [5.41, 5.74) is -5.99. The molecule has 4 N–H and O–H groups in total. The van der Waals surface area contributed by atoms with Gasteiger partial charge in [0.25, 0.3) is 27.7 Å². The molecule has 0 radical (unpaired) electrons. The third kappa shape index (κ3) is 15.3. The molecule has 338 valence electrons. The van der Waals surface area contributed by atoms with Crippen LogP contribution < -0.4 is 20.1 Å². The lowest BCUT2D eigenvalue weighted by Crippen LogP contribution is -2.52. The quantitative estimate of drug-likeness (QED) is 0.120. The number of carboxylic acid groups (broad SMARTS) is 1. The Balaban J connectivity index is 1.46. The summed E-state index contributed by atoms with van der Waals surface area (Å²) in [6, 6.07) is 5.58.